The highest BCUT2D eigenvalue weighted by Gasteiger charge is 2.22. The van der Waals surface area contributed by atoms with Gasteiger partial charge in [0.05, 0.1) is 16.7 Å². The van der Waals surface area contributed by atoms with Crippen LogP contribution in [0.25, 0.3) is 80.4 Å². The largest absolute Gasteiger partial charge is 0.454 e. The second-order valence-electron chi connectivity index (χ2n) is 12.9. The van der Waals surface area contributed by atoms with E-state index in [1.165, 1.54) is 52.8 Å². The standard InChI is InChI=1S/C46H28N2OS/c1-2-11-30(12-3-1)48-39-17-7-4-13-33(39)38-28-32(24-25-40(38)48)47(41-18-10-16-35-34-14-5-8-19-42(34)49-46(35)41)31-23-21-29-22-26-44-45(37(29)27-31)36-15-6-9-20-43(36)50-44/h1-28H. The molecule has 3 nitrogen and oxygen atoms in total. The molecule has 0 atom stereocenters. The fraction of sp³-hybridized carbons (Fsp3) is 0. The Bertz CT molecular complexity index is 3110. The number of aromatic nitrogens is 1. The average Bonchev–Trinajstić information content (AvgIpc) is 3.85. The van der Waals surface area contributed by atoms with Gasteiger partial charge in [0.25, 0.3) is 0 Å². The van der Waals surface area contributed by atoms with Gasteiger partial charge in [0, 0.05) is 58.8 Å². The molecule has 4 heteroatoms. The third-order valence-corrected chi connectivity index (χ3v) is 11.3. The molecule has 3 heterocycles. The normalized spacial score (nSPS) is 12.0. The number of para-hydroxylation sites is 4. The third kappa shape index (κ3) is 3.97. The Balaban J connectivity index is 1.22. The zero-order valence-corrected chi connectivity index (χ0v) is 27.7. The number of hydrogen-bond donors (Lipinski definition) is 0. The molecule has 0 saturated carbocycles. The molecule has 0 amide bonds. The fourth-order valence-electron chi connectivity index (χ4n) is 7.96. The van der Waals surface area contributed by atoms with E-state index in [-0.39, 0.29) is 0 Å². The van der Waals surface area contributed by atoms with Gasteiger partial charge in [-0.15, -0.1) is 11.3 Å². The maximum atomic E-state index is 6.69. The second kappa shape index (κ2) is 10.6. The second-order valence-corrected chi connectivity index (χ2v) is 14.0. The van der Waals surface area contributed by atoms with Gasteiger partial charge in [-0.05, 0) is 83.6 Å². The Kier molecular flexibility index (Phi) is 5.83. The van der Waals surface area contributed by atoms with E-state index in [0.29, 0.717) is 0 Å². The molecular formula is C46H28N2OS. The Labute approximate surface area is 291 Å². The van der Waals surface area contributed by atoms with Crippen LogP contribution in [0.5, 0.6) is 0 Å². The Hall–Kier alpha value is -6.36. The first-order valence-electron chi connectivity index (χ1n) is 16.9. The summed E-state index contributed by atoms with van der Waals surface area (Å²) in [5, 5.41) is 9.75. The molecule has 234 valence electrons. The molecule has 0 N–H and O–H groups in total. The number of thiophene rings is 1. The summed E-state index contributed by atoms with van der Waals surface area (Å²) in [4.78, 5) is 2.38. The molecule has 0 aliphatic rings. The van der Waals surface area contributed by atoms with Gasteiger partial charge in [-0.3, -0.25) is 0 Å². The summed E-state index contributed by atoms with van der Waals surface area (Å²) >= 11 is 1.86. The van der Waals surface area contributed by atoms with Crippen molar-refractivity contribution in [2.24, 2.45) is 0 Å². The lowest BCUT2D eigenvalue weighted by Crippen LogP contribution is -2.10. The zero-order valence-electron chi connectivity index (χ0n) is 26.9. The summed E-state index contributed by atoms with van der Waals surface area (Å²) in [6.45, 7) is 0. The van der Waals surface area contributed by atoms with Crippen LogP contribution in [-0.4, -0.2) is 4.57 Å². The van der Waals surface area contributed by atoms with Crippen LogP contribution >= 0.6 is 11.3 Å². The van der Waals surface area contributed by atoms with E-state index in [1.807, 2.05) is 17.4 Å². The van der Waals surface area contributed by atoms with Crippen molar-refractivity contribution in [1.29, 1.82) is 0 Å². The maximum Gasteiger partial charge on any atom is 0.159 e. The molecule has 0 radical (unpaired) electrons. The first kappa shape index (κ1) is 27.6. The Morgan fingerprint density at radius 3 is 2.04 bits per heavy atom. The maximum absolute atomic E-state index is 6.69. The number of rotatable bonds is 4. The van der Waals surface area contributed by atoms with E-state index < -0.39 is 0 Å². The van der Waals surface area contributed by atoms with Crippen LogP contribution in [0.3, 0.4) is 0 Å². The summed E-state index contributed by atoms with van der Waals surface area (Å²) < 4.78 is 11.7. The van der Waals surface area contributed by atoms with Crippen LogP contribution in [-0.2, 0) is 0 Å². The molecule has 0 spiro atoms. The van der Waals surface area contributed by atoms with Crippen molar-refractivity contribution in [2.75, 3.05) is 4.90 Å². The minimum absolute atomic E-state index is 0.875. The van der Waals surface area contributed by atoms with E-state index in [2.05, 4.69) is 173 Å². The quantitative estimate of drug-likeness (QED) is 0.188. The van der Waals surface area contributed by atoms with Gasteiger partial charge in [-0.1, -0.05) is 97.1 Å². The molecule has 11 aromatic rings. The topological polar surface area (TPSA) is 21.3 Å². The van der Waals surface area contributed by atoms with Crippen LogP contribution in [0.1, 0.15) is 0 Å². The average molecular weight is 657 g/mol. The van der Waals surface area contributed by atoms with Crippen molar-refractivity contribution in [1.82, 2.24) is 4.57 Å². The number of anilines is 3. The van der Waals surface area contributed by atoms with Gasteiger partial charge in [-0.2, -0.15) is 0 Å². The lowest BCUT2D eigenvalue weighted by molar-refractivity contribution is 0.669. The molecule has 8 aromatic carbocycles. The number of nitrogens with zero attached hydrogens (tertiary/aromatic N) is 2. The summed E-state index contributed by atoms with van der Waals surface area (Å²) in [5.41, 5.74) is 8.44. The van der Waals surface area contributed by atoms with Gasteiger partial charge in [0.15, 0.2) is 5.58 Å². The van der Waals surface area contributed by atoms with Crippen LogP contribution < -0.4 is 4.90 Å². The lowest BCUT2D eigenvalue weighted by atomic mass is 10.0. The van der Waals surface area contributed by atoms with Crippen molar-refractivity contribution < 1.29 is 4.42 Å². The molecule has 0 bridgehead atoms. The number of fused-ring (bicyclic) bond motifs is 11. The van der Waals surface area contributed by atoms with E-state index in [0.717, 1.165) is 44.7 Å². The van der Waals surface area contributed by atoms with Crippen molar-refractivity contribution >= 4 is 103 Å². The molecule has 11 rings (SSSR count). The predicted octanol–water partition coefficient (Wildman–Crippen LogP) is 13.7. The van der Waals surface area contributed by atoms with Crippen molar-refractivity contribution in [3.63, 3.8) is 0 Å². The number of furan rings is 1. The third-order valence-electron chi connectivity index (χ3n) is 10.2. The van der Waals surface area contributed by atoms with Gasteiger partial charge >= 0.3 is 0 Å². The van der Waals surface area contributed by atoms with E-state index in [9.17, 15) is 0 Å². The summed E-state index contributed by atoms with van der Waals surface area (Å²) in [5.74, 6) is 0. The van der Waals surface area contributed by atoms with Crippen LogP contribution in [0.15, 0.2) is 174 Å². The summed E-state index contributed by atoms with van der Waals surface area (Å²) in [6, 6.07) is 61.2. The molecule has 0 unspecified atom stereocenters. The molecule has 0 saturated heterocycles. The van der Waals surface area contributed by atoms with Crippen molar-refractivity contribution in [3.05, 3.63) is 170 Å². The molecule has 0 aliphatic heterocycles. The molecule has 0 fully saturated rings. The summed E-state index contributed by atoms with van der Waals surface area (Å²) in [7, 11) is 0. The lowest BCUT2D eigenvalue weighted by Gasteiger charge is -2.26. The Morgan fingerprint density at radius 2 is 1.14 bits per heavy atom. The minimum Gasteiger partial charge on any atom is -0.454 e. The van der Waals surface area contributed by atoms with Crippen LogP contribution in [0.2, 0.25) is 0 Å². The van der Waals surface area contributed by atoms with E-state index in [4.69, 9.17) is 4.42 Å². The van der Waals surface area contributed by atoms with Crippen molar-refractivity contribution in [3.8, 4) is 5.69 Å². The Morgan fingerprint density at radius 1 is 0.460 bits per heavy atom. The van der Waals surface area contributed by atoms with Gasteiger partial charge in [0.2, 0.25) is 0 Å². The first-order valence-corrected chi connectivity index (χ1v) is 17.7. The first-order chi connectivity index (χ1) is 24.8. The molecular weight excluding hydrogens is 629 g/mol. The fourth-order valence-corrected chi connectivity index (χ4v) is 9.08. The van der Waals surface area contributed by atoms with E-state index in [1.54, 1.807) is 0 Å². The number of benzene rings is 8. The zero-order chi connectivity index (χ0) is 32.8. The van der Waals surface area contributed by atoms with Gasteiger partial charge in [0.1, 0.15) is 5.58 Å². The van der Waals surface area contributed by atoms with Gasteiger partial charge < -0.3 is 13.9 Å². The molecule has 50 heavy (non-hydrogen) atoms. The monoisotopic (exact) mass is 656 g/mol. The SMILES string of the molecule is c1ccc(-n2c3ccccc3c3cc(N(c4ccc5ccc6sc7ccccc7c6c5c4)c4cccc5c4oc4ccccc45)ccc32)cc1. The smallest absolute Gasteiger partial charge is 0.159 e. The highest BCUT2D eigenvalue weighted by Crippen LogP contribution is 2.46. The van der Waals surface area contributed by atoms with Crippen LogP contribution in [0, 0.1) is 0 Å². The minimum atomic E-state index is 0.875. The molecule has 3 aromatic heterocycles. The molecule has 0 aliphatic carbocycles. The predicted molar refractivity (Wildman–Crippen MR) is 213 cm³/mol. The van der Waals surface area contributed by atoms with Gasteiger partial charge in [-0.25, -0.2) is 0 Å². The highest BCUT2D eigenvalue weighted by molar-refractivity contribution is 7.26. The highest BCUT2D eigenvalue weighted by atomic mass is 32.1. The number of hydrogen-bond acceptors (Lipinski definition) is 3. The van der Waals surface area contributed by atoms with Crippen molar-refractivity contribution in [2.45, 2.75) is 0 Å². The summed E-state index contributed by atoms with van der Waals surface area (Å²) in [6.07, 6.45) is 0. The van der Waals surface area contributed by atoms with E-state index >= 15 is 0 Å². The van der Waals surface area contributed by atoms with Crippen LogP contribution in [0.4, 0.5) is 17.1 Å².